The van der Waals surface area contributed by atoms with Gasteiger partial charge in [-0.25, -0.2) is 4.39 Å². The molecule has 1 heterocycles. The molecular weight excluding hydrogens is 253 g/mol. The van der Waals surface area contributed by atoms with Gasteiger partial charge in [-0.2, -0.15) is 0 Å². The van der Waals surface area contributed by atoms with Gasteiger partial charge in [-0.3, -0.25) is 4.98 Å². The van der Waals surface area contributed by atoms with Crippen molar-refractivity contribution in [3.05, 3.63) is 59.7 Å². The predicted molar refractivity (Wildman–Crippen MR) is 80.1 cm³/mol. The summed E-state index contributed by atoms with van der Waals surface area (Å²) < 4.78 is 13.3. The molecule has 0 amide bonds. The van der Waals surface area contributed by atoms with E-state index in [1.165, 1.54) is 6.07 Å². The number of nitrogens with zero attached hydrogens (tertiary/aromatic N) is 2. The molecule has 0 saturated carbocycles. The lowest BCUT2D eigenvalue weighted by Gasteiger charge is -2.22. The summed E-state index contributed by atoms with van der Waals surface area (Å²) in [5, 5.41) is 3.10. The van der Waals surface area contributed by atoms with Crippen molar-refractivity contribution < 1.29 is 4.39 Å². The van der Waals surface area contributed by atoms with Crippen molar-refractivity contribution in [1.82, 2.24) is 10.3 Å². The summed E-state index contributed by atoms with van der Waals surface area (Å²) in [6, 6.07) is 10.8. The summed E-state index contributed by atoms with van der Waals surface area (Å²) in [6.07, 6.45) is 1.88. The van der Waals surface area contributed by atoms with Crippen LogP contribution in [0.25, 0.3) is 0 Å². The van der Waals surface area contributed by atoms with Gasteiger partial charge in [0.15, 0.2) is 0 Å². The first-order chi connectivity index (χ1) is 9.72. The number of anilines is 1. The van der Waals surface area contributed by atoms with Gasteiger partial charge in [0.2, 0.25) is 0 Å². The summed E-state index contributed by atoms with van der Waals surface area (Å²) in [4.78, 5) is 6.56. The molecule has 0 saturated heterocycles. The number of pyridine rings is 1. The average molecular weight is 273 g/mol. The zero-order valence-corrected chi connectivity index (χ0v) is 11.9. The summed E-state index contributed by atoms with van der Waals surface area (Å²) in [5.41, 5.74) is 3.02. The van der Waals surface area contributed by atoms with E-state index in [2.05, 4.69) is 28.2 Å². The lowest BCUT2D eigenvalue weighted by molar-refractivity contribution is 0.626. The van der Waals surface area contributed by atoms with Crippen molar-refractivity contribution in [1.29, 1.82) is 0 Å². The number of benzene rings is 1. The first-order valence-corrected chi connectivity index (χ1v) is 6.82. The molecule has 0 spiro atoms. The van der Waals surface area contributed by atoms with E-state index in [1.807, 2.05) is 25.4 Å². The third-order valence-corrected chi connectivity index (χ3v) is 3.17. The fourth-order valence-electron chi connectivity index (χ4n) is 2.11. The second-order valence-corrected chi connectivity index (χ2v) is 4.68. The zero-order valence-electron chi connectivity index (χ0n) is 11.9. The summed E-state index contributed by atoms with van der Waals surface area (Å²) in [7, 11) is 1.91. The molecule has 3 nitrogen and oxygen atoms in total. The van der Waals surface area contributed by atoms with Crippen molar-refractivity contribution in [3.63, 3.8) is 0 Å². The van der Waals surface area contributed by atoms with Gasteiger partial charge in [0, 0.05) is 25.0 Å². The van der Waals surface area contributed by atoms with Crippen molar-refractivity contribution in [2.45, 2.75) is 20.0 Å². The quantitative estimate of drug-likeness (QED) is 0.877. The maximum atomic E-state index is 13.3. The first kappa shape index (κ1) is 14.5. The Morgan fingerprint density at radius 1 is 1.25 bits per heavy atom. The SMILES string of the molecule is CCN(Cc1ccc(CNC)cn1)c1cccc(F)c1. The molecule has 2 aromatic rings. The Labute approximate surface area is 119 Å². The maximum Gasteiger partial charge on any atom is 0.125 e. The van der Waals surface area contributed by atoms with E-state index in [0.29, 0.717) is 6.54 Å². The summed E-state index contributed by atoms with van der Waals surface area (Å²) in [5.74, 6) is -0.210. The van der Waals surface area contributed by atoms with Crippen molar-refractivity contribution >= 4 is 5.69 Å². The van der Waals surface area contributed by atoms with Gasteiger partial charge in [0.05, 0.1) is 12.2 Å². The molecule has 0 aliphatic heterocycles. The van der Waals surface area contributed by atoms with Crippen LogP contribution in [-0.2, 0) is 13.1 Å². The smallest absolute Gasteiger partial charge is 0.125 e. The van der Waals surface area contributed by atoms with Crippen molar-refractivity contribution in [3.8, 4) is 0 Å². The molecule has 0 atom stereocenters. The number of rotatable bonds is 6. The number of nitrogens with one attached hydrogen (secondary N) is 1. The van der Waals surface area contributed by atoms with Crippen molar-refractivity contribution in [2.24, 2.45) is 0 Å². The number of halogens is 1. The molecule has 2 rings (SSSR count). The minimum absolute atomic E-state index is 0.210. The molecule has 1 aromatic carbocycles. The van der Waals surface area contributed by atoms with Crippen LogP contribution in [0.3, 0.4) is 0 Å². The molecule has 1 aromatic heterocycles. The molecule has 106 valence electrons. The minimum atomic E-state index is -0.210. The molecule has 0 radical (unpaired) electrons. The summed E-state index contributed by atoms with van der Waals surface area (Å²) >= 11 is 0. The fourth-order valence-corrected chi connectivity index (χ4v) is 2.11. The number of aromatic nitrogens is 1. The third kappa shape index (κ3) is 3.78. The lowest BCUT2D eigenvalue weighted by atomic mass is 10.2. The zero-order chi connectivity index (χ0) is 14.4. The topological polar surface area (TPSA) is 28.2 Å². The highest BCUT2D eigenvalue weighted by Gasteiger charge is 2.07. The molecule has 4 heteroatoms. The van der Waals surface area contributed by atoms with Gasteiger partial charge in [-0.1, -0.05) is 12.1 Å². The minimum Gasteiger partial charge on any atom is -0.366 e. The van der Waals surface area contributed by atoms with Crippen LogP contribution < -0.4 is 10.2 Å². The van der Waals surface area contributed by atoms with Gasteiger partial charge >= 0.3 is 0 Å². The molecule has 0 unspecified atom stereocenters. The largest absolute Gasteiger partial charge is 0.366 e. The standard InChI is InChI=1S/C16H20FN3/c1-3-20(16-6-4-5-14(17)9-16)12-15-8-7-13(10-18-2)11-19-15/h4-9,11,18H,3,10,12H2,1-2H3. The Morgan fingerprint density at radius 3 is 2.70 bits per heavy atom. The monoisotopic (exact) mass is 273 g/mol. The summed E-state index contributed by atoms with van der Waals surface area (Å²) in [6.45, 7) is 4.36. The van der Waals surface area contributed by atoms with Gasteiger partial charge in [0.25, 0.3) is 0 Å². The molecular formula is C16H20FN3. The number of hydrogen-bond donors (Lipinski definition) is 1. The van der Waals surface area contributed by atoms with Gasteiger partial charge in [-0.05, 0) is 43.8 Å². The Morgan fingerprint density at radius 2 is 2.10 bits per heavy atom. The Bertz CT molecular complexity index is 540. The van der Waals surface area contributed by atoms with Crippen LogP contribution in [0.5, 0.6) is 0 Å². The van der Waals surface area contributed by atoms with Crippen LogP contribution in [0.4, 0.5) is 10.1 Å². The Hall–Kier alpha value is -1.94. The average Bonchev–Trinajstić information content (AvgIpc) is 2.47. The van der Waals surface area contributed by atoms with Gasteiger partial charge < -0.3 is 10.2 Å². The molecule has 0 aliphatic rings. The van der Waals surface area contributed by atoms with E-state index in [4.69, 9.17) is 0 Å². The Balaban J connectivity index is 2.09. The third-order valence-electron chi connectivity index (χ3n) is 3.17. The predicted octanol–water partition coefficient (Wildman–Crippen LogP) is 2.97. The molecule has 0 fully saturated rings. The first-order valence-electron chi connectivity index (χ1n) is 6.82. The molecule has 0 aliphatic carbocycles. The normalized spacial score (nSPS) is 10.6. The van der Waals surface area contributed by atoms with Gasteiger partial charge in [0.1, 0.15) is 5.82 Å². The number of hydrogen-bond acceptors (Lipinski definition) is 3. The van der Waals surface area contributed by atoms with Crippen LogP contribution in [0.15, 0.2) is 42.6 Å². The van der Waals surface area contributed by atoms with E-state index in [1.54, 1.807) is 12.1 Å². The van der Waals surface area contributed by atoms with Crippen LogP contribution in [0, 0.1) is 5.82 Å². The van der Waals surface area contributed by atoms with E-state index in [0.717, 1.165) is 30.0 Å². The van der Waals surface area contributed by atoms with Crippen molar-refractivity contribution in [2.75, 3.05) is 18.5 Å². The van der Waals surface area contributed by atoms with E-state index >= 15 is 0 Å². The van der Waals surface area contributed by atoms with Crippen LogP contribution in [0.1, 0.15) is 18.2 Å². The highest BCUT2D eigenvalue weighted by molar-refractivity contribution is 5.46. The molecule has 20 heavy (non-hydrogen) atoms. The maximum absolute atomic E-state index is 13.3. The molecule has 1 N–H and O–H groups in total. The van der Waals surface area contributed by atoms with Gasteiger partial charge in [-0.15, -0.1) is 0 Å². The fraction of sp³-hybridized carbons (Fsp3) is 0.312. The van der Waals surface area contributed by atoms with Crippen LogP contribution in [-0.4, -0.2) is 18.6 Å². The van der Waals surface area contributed by atoms with E-state index < -0.39 is 0 Å². The highest BCUT2D eigenvalue weighted by atomic mass is 19.1. The highest BCUT2D eigenvalue weighted by Crippen LogP contribution is 2.17. The second-order valence-electron chi connectivity index (χ2n) is 4.68. The lowest BCUT2D eigenvalue weighted by Crippen LogP contribution is -2.22. The van der Waals surface area contributed by atoms with E-state index in [9.17, 15) is 4.39 Å². The Kier molecular flexibility index (Phi) is 5.07. The van der Waals surface area contributed by atoms with Crippen LogP contribution >= 0.6 is 0 Å². The van der Waals surface area contributed by atoms with E-state index in [-0.39, 0.29) is 5.82 Å². The molecule has 0 bridgehead atoms. The van der Waals surface area contributed by atoms with Crippen LogP contribution in [0.2, 0.25) is 0 Å². The second kappa shape index (κ2) is 7.01.